The minimum absolute atomic E-state index is 0.109. The minimum atomic E-state index is -0.717. The zero-order valence-electron chi connectivity index (χ0n) is 13.3. The van der Waals surface area contributed by atoms with Crippen LogP contribution in [-0.4, -0.2) is 47.0 Å². The highest BCUT2D eigenvalue weighted by molar-refractivity contribution is 5.84. The van der Waals surface area contributed by atoms with E-state index in [1.807, 2.05) is 12.1 Å². The van der Waals surface area contributed by atoms with Crippen LogP contribution in [0.3, 0.4) is 0 Å². The van der Waals surface area contributed by atoms with Crippen molar-refractivity contribution in [2.75, 3.05) is 24.6 Å². The fraction of sp³-hybridized carbons (Fsp3) is 0.647. The van der Waals surface area contributed by atoms with Gasteiger partial charge in [0.05, 0.1) is 5.92 Å². The molecule has 0 saturated carbocycles. The van der Waals surface area contributed by atoms with Crippen molar-refractivity contribution in [3.05, 3.63) is 23.9 Å². The average Bonchev–Trinajstić information content (AvgIpc) is 2.56. The van der Waals surface area contributed by atoms with Gasteiger partial charge in [0, 0.05) is 25.9 Å². The van der Waals surface area contributed by atoms with E-state index in [1.165, 1.54) is 0 Å². The van der Waals surface area contributed by atoms with Crippen molar-refractivity contribution in [2.45, 2.75) is 44.2 Å². The smallest absolute Gasteiger partial charge is 0.229 e. The van der Waals surface area contributed by atoms with Crippen molar-refractivity contribution in [2.24, 2.45) is 5.92 Å². The van der Waals surface area contributed by atoms with E-state index in [0.717, 1.165) is 43.7 Å². The largest absolute Gasteiger partial charge is 0.396 e. The van der Waals surface area contributed by atoms with Gasteiger partial charge in [0.25, 0.3) is 0 Å². The molecule has 0 spiro atoms. The van der Waals surface area contributed by atoms with Crippen LogP contribution in [0.25, 0.3) is 0 Å². The maximum atomic E-state index is 12.1. The third-order valence-corrected chi connectivity index (χ3v) is 5.00. The number of aliphatic hydroxyl groups excluding tert-OH is 2. The second-order valence-electron chi connectivity index (χ2n) is 6.54. The van der Waals surface area contributed by atoms with E-state index in [0.29, 0.717) is 18.8 Å². The quantitative estimate of drug-likeness (QED) is 0.771. The summed E-state index contributed by atoms with van der Waals surface area (Å²) >= 11 is 0. The lowest BCUT2D eigenvalue weighted by molar-refractivity contribution is -0.128. The van der Waals surface area contributed by atoms with Crippen LogP contribution in [0.2, 0.25) is 0 Å². The molecule has 2 aliphatic heterocycles. The fourth-order valence-corrected chi connectivity index (χ4v) is 3.57. The second kappa shape index (κ2) is 7.27. The zero-order valence-corrected chi connectivity index (χ0v) is 13.3. The molecule has 0 radical (unpaired) electrons. The standard InChI is InChI=1S/C17H25N3O3/c21-10-6-12-4-8-20(9-5-12)15-11-13(3-7-18-15)14-1-2-16(22)19-17(14)23/h3,7,11-12,14,16,21-22H,1-2,4-6,8-10H2,(H,19,23). The predicted molar refractivity (Wildman–Crippen MR) is 87.0 cm³/mol. The summed E-state index contributed by atoms with van der Waals surface area (Å²) in [5.41, 5.74) is 0.969. The highest BCUT2D eigenvalue weighted by Crippen LogP contribution is 2.29. The van der Waals surface area contributed by atoms with Crippen LogP contribution < -0.4 is 10.2 Å². The molecule has 6 nitrogen and oxygen atoms in total. The maximum absolute atomic E-state index is 12.1. The molecule has 6 heteroatoms. The number of hydrogen-bond donors (Lipinski definition) is 3. The molecule has 23 heavy (non-hydrogen) atoms. The summed E-state index contributed by atoms with van der Waals surface area (Å²) in [7, 11) is 0. The normalized spacial score (nSPS) is 26.2. The second-order valence-corrected chi connectivity index (χ2v) is 6.54. The molecule has 1 aromatic rings. The molecule has 2 saturated heterocycles. The molecule has 1 aromatic heterocycles. The van der Waals surface area contributed by atoms with Gasteiger partial charge in [0.15, 0.2) is 0 Å². The summed E-state index contributed by atoms with van der Waals surface area (Å²) in [4.78, 5) is 18.8. The number of aromatic nitrogens is 1. The molecule has 3 rings (SSSR count). The number of aliphatic hydroxyl groups is 2. The molecule has 126 valence electrons. The summed E-state index contributed by atoms with van der Waals surface area (Å²) in [6.45, 7) is 2.15. The summed E-state index contributed by atoms with van der Waals surface area (Å²) in [5, 5.41) is 21.2. The third kappa shape index (κ3) is 3.82. The van der Waals surface area contributed by atoms with Gasteiger partial charge >= 0.3 is 0 Å². The van der Waals surface area contributed by atoms with Crippen LogP contribution in [0.1, 0.15) is 43.6 Å². The molecule has 2 unspecified atom stereocenters. The average molecular weight is 319 g/mol. The van der Waals surface area contributed by atoms with E-state index in [-0.39, 0.29) is 18.4 Å². The number of carbonyl (C=O) groups is 1. The Morgan fingerprint density at radius 1 is 1.26 bits per heavy atom. The molecule has 0 bridgehead atoms. The Morgan fingerprint density at radius 3 is 2.74 bits per heavy atom. The first-order valence-corrected chi connectivity index (χ1v) is 8.47. The van der Waals surface area contributed by atoms with Crippen molar-refractivity contribution < 1.29 is 15.0 Å². The SMILES string of the molecule is O=C1NC(O)CCC1c1ccnc(N2CCC(CCO)CC2)c1. The highest BCUT2D eigenvalue weighted by atomic mass is 16.3. The Hall–Kier alpha value is -1.66. The van der Waals surface area contributed by atoms with Crippen LogP contribution in [-0.2, 0) is 4.79 Å². The van der Waals surface area contributed by atoms with Gasteiger partial charge in [-0.15, -0.1) is 0 Å². The molecule has 2 atom stereocenters. The van der Waals surface area contributed by atoms with Gasteiger partial charge in [-0.05, 0) is 55.7 Å². The van der Waals surface area contributed by atoms with Crippen LogP contribution in [0.15, 0.2) is 18.3 Å². The number of pyridine rings is 1. The van der Waals surface area contributed by atoms with Gasteiger partial charge in [-0.2, -0.15) is 0 Å². The Balaban J connectivity index is 1.67. The van der Waals surface area contributed by atoms with E-state index in [1.54, 1.807) is 6.20 Å². The number of anilines is 1. The molecule has 3 N–H and O–H groups in total. The summed E-state index contributed by atoms with van der Waals surface area (Å²) in [6, 6.07) is 3.90. The lowest BCUT2D eigenvalue weighted by Gasteiger charge is -2.33. The fourth-order valence-electron chi connectivity index (χ4n) is 3.57. The number of piperidine rings is 2. The van der Waals surface area contributed by atoms with E-state index in [2.05, 4.69) is 15.2 Å². The molecule has 0 aliphatic carbocycles. The topological polar surface area (TPSA) is 85.7 Å². The van der Waals surface area contributed by atoms with Gasteiger partial charge in [-0.1, -0.05) is 0 Å². The first kappa shape index (κ1) is 16.2. The first-order valence-electron chi connectivity index (χ1n) is 8.47. The van der Waals surface area contributed by atoms with Gasteiger partial charge in [0.1, 0.15) is 12.0 Å². The molecular formula is C17H25N3O3. The number of nitrogens with one attached hydrogen (secondary N) is 1. The van der Waals surface area contributed by atoms with Gasteiger partial charge in [-0.3, -0.25) is 4.79 Å². The first-order chi connectivity index (χ1) is 11.2. The molecule has 1 amide bonds. The predicted octanol–water partition coefficient (Wildman–Crippen LogP) is 0.992. The van der Waals surface area contributed by atoms with Gasteiger partial charge < -0.3 is 20.4 Å². The summed E-state index contributed by atoms with van der Waals surface area (Å²) < 4.78 is 0. The van der Waals surface area contributed by atoms with Crippen LogP contribution in [0.4, 0.5) is 5.82 Å². The Morgan fingerprint density at radius 2 is 2.04 bits per heavy atom. The van der Waals surface area contributed by atoms with Crippen LogP contribution in [0.5, 0.6) is 0 Å². The Kier molecular flexibility index (Phi) is 5.13. The number of carbonyl (C=O) groups excluding carboxylic acids is 1. The number of rotatable bonds is 4. The zero-order chi connectivity index (χ0) is 16.2. The van der Waals surface area contributed by atoms with E-state index >= 15 is 0 Å². The minimum Gasteiger partial charge on any atom is -0.396 e. The van der Waals surface area contributed by atoms with Crippen molar-refractivity contribution in [1.29, 1.82) is 0 Å². The summed E-state index contributed by atoms with van der Waals surface area (Å²) in [5.74, 6) is 1.21. The monoisotopic (exact) mass is 319 g/mol. The van der Waals surface area contributed by atoms with Crippen molar-refractivity contribution in [3.8, 4) is 0 Å². The van der Waals surface area contributed by atoms with Crippen molar-refractivity contribution >= 4 is 11.7 Å². The van der Waals surface area contributed by atoms with E-state index in [9.17, 15) is 9.90 Å². The summed E-state index contributed by atoms with van der Waals surface area (Å²) in [6.07, 6.45) is 5.32. The molecule has 2 fully saturated rings. The lowest BCUT2D eigenvalue weighted by Crippen LogP contribution is -2.42. The highest BCUT2D eigenvalue weighted by Gasteiger charge is 2.29. The molecular weight excluding hydrogens is 294 g/mol. The molecule has 3 heterocycles. The lowest BCUT2D eigenvalue weighted by atomic mass is 9.90. The van der Waals surface area contributed by atoms with E-state index < -0.39 is 6.23 Å². The van der Waals surface area contributed by atoms with Crippen molar-refractivity contribution in [1.82, 2.24) is 10.3 Å². The Bertz CT molecular complexity index is 544. The van der Waals surface area contributed by atoms with Crippen molar-refractivity contribution in [3.63, 3.8) is 0 Å². The number of amides is 1. The number of nitrogens with zero attached hydrogens (tertiary/aromatic N) is 2. The van der Waals surface area contributed by atoms with E-state index in [4.69, 9.17) is 5.11 Å². The van der Waals surface area contributed by atoms with Crippen LogP contribution >= 0.6 is 0 Å². The van der Waals surface area contributed by atoms with Crippen LogP contribution in [0, 0.1) is 5.92 Å². The maximum Gasteiger partial charge on any atom is 0.229 e. The molecule has 0 aromatic carbocycles. The third-order valence-electron chi connectivity index (χ3n) is 5.00. The Labute approximate surface area is 136 Å². The molecule has 2 aliphatic rings. The van der Waals surface area contributed by atoms with Gasteiger partial charge in [0.2, 0.25) is 5.91 Å². The van der Waals surface area contributed by atoms with Gasteiger partial charge in [-0.25, -0.2) is 4.98 Å². The number of hydrogen-bond acceptors (Lipinski definition) is 5.